The summed E-state index contributed by atoms with van der Waals surface area (Å²) in [6.07, 6.45) is 5.06. The van der Waals surface area contributed by atoms with Crippen LogP contribution >= 0.6 is 24.0 Å². The van der Waals surface area contributed by atoms with Gasteiger partial charge in [-0.05, 0) is 36.8 Å². The summed E-state index contributed by atoms with van der Waals surface area (Å²) in [6.45, 7) is 3.31. The Kier molecular flexibility index (Phi) is 5.29. The molecule has 4 heteroatoms. The largest absolute Gasteiger partial charge is 0.353 e. The monoisotopic (exact) mass is 385 g/mol. The molecule has 0 bridgehead atoms. The van der Waals surface area contributed by atoms with Crippen LogP contribution in [0, 0.1) is 5.92 Å². The van der Waals surface area contributed by atoms with Crippen LogP contribution in [0.4, 0.5) is 5.69 Å². The number of halogens is 1. The second-order valence-corrected chi connectivity index (χ2v) is 5.61. The molecule has 2 atom stereocenters. The van der Waals surface area contributed by atoms with E-state index in [1.54, 1.807) is 0 Å². The van der Waals surface area contributed by atoms with E-state index in [4.69, 9.17) is 0 Å². The maximum atomic E-state index is 4.48. The van der Waals surface area contributed by atoms with Crippen molar-refractivity contribution in [2.24, 2.45) is 10.9 Å². The molecule has 1 heterocycles. The lowest BCUT2D eigenvalue weighted by Crippen LogP contribution is -2.42. The van der Waals surface area contributed by atoms with Crippen LogP contribution in [0.15, 0.2) is 29.3 Å². The smallest absolute Gasteiger partial charge is 0.198 e. The summed E-state index contributed by atoms with van der Waals surface area (Å²) in [5.41, 5.74) is 2.76. The summed E-state index contributed by atoms with van der Waals surface area (Å²) in [6, 6.07) is 9.30. The average molecular weight is 385 g/mol. The van der Waals surface area contributed by atoms with Crippen LogP contribution < -0.4 is 10.2 Å². The number of hydrogen-bond donors (Lipinski definition) is 1. The molecule has 0 radical (unpaired) electrons. The third kappa shape index (κ3) is 3.10. The number of fused-ring (bicyclic) bond motifs is 1. The fraction of sp³-hybridized carbons (Fsp3) is 0.562. The third-order valence-electron chi connectivity index (χ3n) is 4.25. The van der Waals surface area contributed by atoms with Gasteiger partial charge in [0.25, 0.3) is 0 Å². The first-order valence-corrected chi connectivity index (χ1v) is 7.42. The number of hydrogen-bond acceptors (Lipinski definition) is 1. The Morgan fingerprint density at radius 3 is 2.95 bits per heavy atom. The molecule has 2 unspecified atom stereocenters. The molecule has 110 valence electrons. The van der Waals surface area contributed by atoms with Crippen molar-refractivity contribution in [2.45, 2.75) is 38.6 Å². The Hall–Kier alpha value is -0.780. The number of para-hydroxylation sites is 1. The standard InChI is InChI=1S/C16H23N3.HI/c1-3-6-13-11-14(13)18-16(17-2)19-10-9-12-7-4-5-8-15(12)19;/h4-5,7-8,13-14H,3,6,9-11H2,1-2H3,(H,17,18);1H. The van der Waals surface area contributed by atoms with Crippen LogP contribution in [0.2, 0.25) is 0 Å². The third-order valence-corrected chi connectivity index (χ3v) is 4.25. The van der Waals surface area contributed by atoms with Crippen molar-refractivity contribution in [1.82, 2.24) is 5.32 Å². The van der Waals surface area contributed by atoms with Gasteiger partial charge in [0.2, 0.25) is 0 Å². The van der Waals surface area contributed by atoms with Crippen LogP contribution in [0.5, 0.6) is 0 Å². The highest BCUT2D eigenvalue weighted by atomic mass is 127. The van der Waals surface area contributed by atoms with E-state index in [2.05, 4.69) is 46.4 Å². The molecule has 0 amide bonds. The minimum atomic E-state index is 0. The van der Waals surface area contributed by atoms with Crippen molar-refractivity contribution in [3.63, 3.8) is 0 Å². The van der Waals surface area contributed by atoms with Crippen LogP contribution in [0.1, 0.15) is 31.7 Å². The lowest BCUT2D eigenvalue weighted by Gasteiger charge is -2.22. The van der Waals surface area contributed by atoms with Gasteiger partial charge in [0.1, 0.15) is 0 Å². The normalized spacial score (nSPS) is 24.1. The average Bonchev–Trinajstić information content (AvgIpc) is 3.02. The van der Waals surface area contributed by atoms with Crippen LogP contribution in [-0.4, -0.2) is 25.6 Å². The van der Waals surface area contributed by atoms with Gasteiger partial charge in [0, 0.05) is 25.3 Å². The number of rotatable bonds is 3. The molecule has 1 aromatic rings. The molecule has 3 nitrogen and oxygen atoms in total. The maximum absolute atomic E-state index is 4.48. The molecule has 1 aliphatic heterocycles. The lowest BCUT2D eigenvalue weighted by atomic mass is 10.2. The quantitative estimate of drug-likeness (QED) is 0.491. The fourth-order valence-electron chi connectivity index (χ4n) is 3.10. The van der Waals surface area contributed by atoms with E-state index in [9.17, 15) is 0 Å². The summed E-state index contributed by atoms with van der Waals surface area (Å²) in [4.78, 5) is 6.81. The van der Waals surface area contributed by atoms with E-state index >= 15 is 0 Å². The van der Waals surface area contributed by atoms with Gasteiger partial charge in [-0.3, -0.25) is 4.99 Å². The van der Waals surface area contributed by atoms with Gasteiger partial charge >= 0.3 is 0 Å². The number of guanidine groups is 1. The Labute approximate surface area is 138 Å². The lowest BCUT2D eigenvalue weighted by molar-refractivity contribution is 0.660. The molecule has 1 aromatic carbocycles. The molecule has 0 spiro atoms. The first kappa shape index (κ1) is 15.6. The highest BCUT2D eigenvalue weighted by molar-refractivity contribution is 14.0. The molecule has 1 aliphatic carbocycles. The van der Waals surface area contributed by atoms with Crippen molar-refractivity contribution in [2.75, 3.05) is 18.5 Å². The number of anilines is 1. The highest BCUT2D eigenvalue weighted by Gasteiger charge is 2.38. The second-order valence-electron chi connectivity index (χ2n) is 5.61. The van der Waals surface area contributed by atoms with Gasteiger partial charge in [-0.15, -0.1) is 24.0 Å². The number of nitrogens with one attached hydrogen (secondary N) is 1. The predicted molar refractivity (Wildman–Crippen MR) is 96.2 cm³/mol. The molecular weight excluding hydrogens is 361 g/mol. The predicted octanol–water partition coefficient (Wildman–Crippen LogP) is 3.43. The van der Waals surface area contributed by atoms with Gasteiger partial charge in [-0.25, -0.2) is 0 Å². The minimum absolute atomic E-state index is 0. The zero-order valence-corrected chi connectivity index (χ0v) is 14.6. The van der Waals surface area contributed by atoms with Gasteiger partial charge in [-0.1, -0.05) is 31.5 Å². The number of aliphatic imine (C=N–C) groups is 1. The summed E-state index contributed by atoms with van der Waals surface area (Å²) >= 11 is 0. The zero-order chi connectivity index (χ0) is 13.2. The van der Waals surface area contributed by atoms with E-state index in [1.807, 2.05) is 7.05 Å². The molecule has 2 aliphatic rings. The van der Waals surface area contributed by atoms with E-state index in [0.717, 1.165) is 24.8 Å². The Morgan fingerprint density at radius 2 is 2.20 bits per heavy atom. The summed E-state index contributed by atoms with van der Waals surface area (Å²) in [7, 11) is 1.89. The molecule has 1 N–H and O–H groups in total. The van der Waals surface area contributed by atoms with Crippen molar-refractivity contribution in [3.05, 3.63) is 29.8 Å². The van der Waals surface area contributed by atoms with Crippen molar-refractivity contribution in [1.29, 1.82) is 0 Å². The van der Waals surface area contributed by atoms with E-state index in [-0.39, 0.29) is 24.0 Å². The molecule has 1 fully saturated rings. The summed E-state index contributed by atoms with van der Waals surface area (Å²) in [5.74, 6) is 1.91. The van der Waals surface area contributed by atoms with Crippen LogP contribution in [-0.2, 0) is 6.42 Å². The number of benzene rings is 1. The van der Waals surface area contributed by atoms with Crippen LogP contribution in [0.3, 0.4) is 0 Å². The Bertz CT molecular complexity index is 486. The molecule has 1 saturated carbocycles. The first-order chi connectivity index (χ1) is 9.33. The molecule has 0 aromatic heterocycles. The van der Waals surface area contributed by atoms with E-state index in [1.165, 1.54) is 30.5 Å². The summed E-state index contributed by atoms with van der Waals surface area (Å²) in [5, 5.41) is 3.63. The Balaban J connectivity index is 0.00000147. The number of nitrogens with zero attached hydrogens (tertiary/aromatic N) is 2. The van der Waals surface area contributed by atoms with Crippen molar-refractivity contribution >= 4 is 35.6 Å². The molecule has 20 heavy (non-hydrogen) atoms. The van der Waals surface area contributed by atoms with Crippen LogP contribution in [0.25, 0.3) is 0 Å². The summed E-state index contributed by atoms with van der Waals surface area (Å²) < 4.78 is 0. The SMILES string of the molecule is CCCC1CC1NC(=NC)N1CCc2ccccc21.I. The molecule has 3 rings (SSSR count). The maximum Gasteiger partial charge on any atom is 0.198 e. The van der Waals surface area contributed by atoms with E-state index < -0.39 is 0 Å². The van der Waals surface area contributed by atoms with Gasteiger partial charge < -0.3 is 10.2 Å². The van der Waals surface area contributed by atoms with Crippen molar-refractivity contribution < 1.29 is 0 Å². The first-order valence-electron chi connectivity index (χ1n) is 7.42. The second kappa shape index (κ2) is 6.78. The zero-order valence-electron chi connectivity index (χ0n) is 12.3. The van der Waals surface area contributed by atoms with Gasteiger partial charge in [-0.2, -0.15) is 0 Å². The fourth-order valence-corrected chi connectivity index (χ4v) is 3.10. The highest BCUT2D eigenvalue weighted by Crippen LogP contribution is 2.35. The molecular formula is C16H24IN3. The minimum Gasteiger partial charge on any atom is -0.353 e. The van der Waals surface area contributed by atoms with E-state index in [0.29, 0.717) is 6.04 Å². The van der Waals surface area contributed by atoms with Gasteiger partial charge in [0.15, 0.2) is 5.96 Å². The van der Waals surface area contributed by atoms with Crippen molar-refractivity contribution in [3.8, 4) is 0 Å². The van der Waals surface area contributed by atoms with Gasteiger partial charge in [0.05, 0.1) is 0 Å². The Morgan fingerprint density at radius 1 is 1.40 bits per heavy atom. The molecule has 0 saturated heterocycles. The topological polar surface area (TPSA) is 27.6 Å².